The van der Waals surface area contributed by atoms with Crippen molar-refractivity contribution < 1.29 is 4.74 Å². The minimum absolute atomic E-state index is 0. The van der Waals surface area contributed by atoms with Gasteiger partial charge in [-0.3, -0.25) is 0 Å². The predicted molar refractivity (Wildman–Crippen MR) is 134 cm³/mol. The molecule has 170 valence electrons. The molecule has 7 nitrogen and oxygen atoms in total. The first-order chi connectivity index (χ1) is 14.6. The van der Waals surface area contributed by atoms with E-state index < -0.39 is 0 Å². The molecule has 0 amide bonds. The number of ether oxygens (including phenoxy) is 1. The Bertz CT molecular complexity index is 851. The van der Waals surface area contributed by atoms with Gasteiger partial charge in [-0.25, -0.2) is 4.99 Å². The number of likely N-dealkylation sites (tertiary alicyclic amines) is 1. The number of halogens is 1. The van der Waals surface area contributed by atoms with Crippen LogP contribution in [0, 0.1) is 18.8 Å². The van der Waals surface area contributed by atoms with Gasteiger partial charge in [0.1, 0.15) is 18.1 Å². The lowest BCUT2D eigenvalue weighted by Gasteiger charge is -2.22. The third-order valence-corrected chi connectivity index (χ3v) is 6.68. The molecule has 1 aromatic carbocycles. The molecule has 1 aliphatic heterocycles. The van der Waals surface area contributed by atoms with Gasteiger partial charge in [-0.15, -0.1) is 34.2 Å². The molecule has 2 fully saturated rings. The largest absolute Gasteiger partial charge is 0.497 e. The van der Waals surface area contributed by atoms with Crippen LogP contribution in [0.1, 0.15) is 42.9 Å². The average Bonchev–Trinajstić information content (AvgIpc) is 3.34. The van der Waals surface area contributed by atoms with Crippen molar-refractivity contribution in [1.82, 2.24) is 25.0 Å². The van der Waals surface area contributed by atoms with Gasteiger partial charge in [-0.2, -0.15) is 0 Å². The molecule has 1 aromatic heterocycles. The fourth-order valence-corrected chi connectivity index (χ4v) is 4.69. The summed E-state index contributed by atoms with van der Waals surface area (Å²) in [6.07, 6.45) is 6.44. The van der Waals surface area contributed by atoms with Gasteiger partial charge in [0, 0.05) is 26.7 Å². The predicted octanol–water partition coefficient (Wildman–Crippen LogP) is 3.56. The van der Waals surface area contributed by atoms with E-state index in [0.29, 0.717) is 6.54 Å². The van der Waals surface area contributed by atoms with Crippen molar-refractivity contribution in [1.29, 1.82) is 0 Å². The summed E-state index contributed by atoms with van der Waals surface area (Å²) in [6, 6.07) is 8.30. The molecular weight excluding hydrogens is 503 g/mol. The second kappa shape index (κ2) is 11.2. The number of rotatable bonds is 6. The molecule has 1 saturated carbocycles. The topological polar surface area (TPSA) is 67.6 Å². The van der Waals surface area contributed by atoms with Crippen molar-refractivity contribution in [3.63, 3.8) is 0 Å². The number of guanidine groups is 1. The van der Waals surface area contributed by atoms with Crippen LogP contribution in [0.15, 0.2) is 29.3 Å². The van der Waals surface area contributed by atoms with E-state index in [-0.39, 0.29) is 24.0 Å². The van der Waals surface area contributed by atoms with Gasteiger partial charge in [-0.1, -0.05) is 25.0 Å². The lowest BCUT2D eigenvalue weighted by atomic mass is 9.82. The van der Waals surface area contributed by atoms with Crippen LogP contribution >= 0.6 is 24.0 Å². The van der Waals surface area contributed by atoms with Crippen LogP contribution in [-0.2, 0) is 20.0 Å². The molecule has 2 heterocycles. The van der Waals surface area contributed by atoms with E-state index in [0.717, 1.165) is 61.2 Å². The standard InChI is InChI=1S/C23H34N6O.HI/c1-17-26-27-22(28(17)2)14-25-23(29-15-19-6-4-5-7-20(19)16-29)24-13-12-18-8-10-21(30-3)11-9-18;/h8-11,19-20H,4-7,12-16H2,1-3H3,(H,24,25);1H. The summed E-state index contributed by atoms with van der Waals surface area (Å²) in [5.41, 5.74) is 1.29. The van der Waals surface area contributed by atoms with Gasteiger partial charge in [0.15, 0.2) is 11.8 Å². The Labute approximate surface area is 202 Å². The van der Waals surface area contributed by atoms with E-state index in [4.69, 9.17) is 9.73 Å². The van der Waals surface area contributed by atoms with Gasteiger partial charge in [0.25, 0.3) is 0 Å². The zero-order chi connectivity index (χ0) is 20.9. The third-order valence-electron chi connectivity index (χ3n) is 6.68. The molecule has 1 N–H and O–H groups in total. The number of aromatic nitrogens is 3. The monoisotopic (exact) mass is 538 g/mol. The van der Waals surface area contributed by atoms with Crippen LogP contribution in [0.25, 0.3) is 0 Å². The van der Waals surface area contributed by atoms with Gasteiger partial charge < -0.3 is 19.5 Å². The number of methoxy groups -OCH3 is 1. The molecule has 31 heavy (non-hydrogen) atoms. The summed E-state index contributed by atoms with van der Waals surface area (Å²) in [5.74, 6) is 5.37. The molecule has 2 aliphatic rings. The maximum Gasteiger partial charge on any atom is 0.194 e. The van der Waals surface area contributed by atoms with Crippen LogP contribution in [0.2, 0.25) is 0 Å². The Balaban J connectivity index is 0.00000272. The number of nitrogens with zero attached hydrogens (tertiary/aromatic N) is 5. The summed E-state index contributed by atoms with van der Waals surface area (Å²) >= 11 is 0. The highest BCUT2D eigenvalue weighted by atomic mass is 127. The smallest absolute Gasteiger partial charge is 0.194 e. The molecule has 2 unspecified atom stereocenters. The molecule has 4 rings (SSSR count). The first kappa shape index (κ1) is 23.8. The van der Waals surface area contributed by atoms with Crippen molar-refractivity contribution in [2.24, 2.45) is 23.9 Å². The maximum atomic E-state index is 5.26. The minimum Gasteiger partial charge on any atom is -0.497 e. The van der Waals surface area contributed by atoms with E-state index in [1.54, 1.807) is 7.11 Å². The number of nitrogens with one attached hydrogen (secondary N) is 1. The first-order valence-electron chi connectivity index (χ1n) is 11.1. The van der Waals surface area contributed by atoms with E-state index in [9.17, 15) is 0 Å². The van der Waals surface area contributed by atoms with E-state index in [1.807, 2.05) is 30.7 Å². The quantitative estimate of drug-likeness (QED) is 0.346. The molecule has 0 spiro atoms. The minimum atomic E-state index is 0. The van der Waals surface area contributed by atoms with Crippen molar-refractivity contribution in [3.05, 3.63) is 41.5 Å². The summed E-state index contributed by atoms with van der Waals surface area (Å²) < 4.78 is 7.27. The van der Waals surface area contributed by atoms with Gasteiger partial charge >= 0.3 is 0 Å². The maximum absolute atomic E-state index is 5.26. The molecule has 2 atom stereocenters. The molecule has 1 saturated heterocycles. The van der Waals surface area contributed by atoms with Crippen LogP contribution in [0.4, 0.5) is 0 Å². The first-order valence-corrected chi connectivity index (χ1v) is 11.1. The third kappa shape index (κ3) is 5.90. The lowest BCUT2D eigenvalue weighted by molar-refractivity contribution is 0.299. The van der Waals surface area contributed by atoms with Crippen LogP contribution < -0.4 is 10.1 Å². The second-order valence-electron chi connectivity index (χ2n) is 8.60. The summed E-state index contributed by atoms with van der Waals surface area (Å²) in [6.45, 7) is 5.62. The zero-order valence-corrected chi connectivity index (χ0v) is 21.2. The average molecular weight is 538 g/mol. The van der Waals surface area contributed by atoms with Crippen molar-refractivity contribution in [3.8, 4) is 5.75 Å². The Morgan fingerprint density at radius 2 is 1.81 bits per heavy atom. The lowest BCUT2D eigenvalue weighted by Crippen LogP contribution is -2.41. The number of aryl methyl sites for hydroxylation is 1. The Morgan fingerprint density at radius 3 is 2.39 bits per heavy atom. The number of hydrogen-bond donors (Lipinski definition) is 1. The van der Waals surface area contributed by atoms with Gasteiger partial charge in [-0.05, 0) is 55.7 Å². The van der Waals surface area contributed by atoms with Crippen molar-refractivity contribution >= 4 is 29.9 Å². The molecule has 2 aromatic rings. The number of hydrogen-bond acceptors (Lipinski definition) is 4. The van der Waals surface area contributed by atoms with Gasteiger partial charge in [0.05, 0.1) is 7.11 Å². The van der Waals surface area contributed by atoms with Crippen molar-refractivity contribution in [2.75, 3.05) is 26.7 Å². The molecular formula is C23H35IN6O. The van der Waals surface area contributed by atoms with Crippen LogP contribution in [0.3, 0.4) is 0 Å². The van der Waals surface area contributed by atoms with Gasteiger partial charge in [0.2, 0.25) is 0 Å². The fourth-order valence-electron chi connectivity index (χ4n) is 4.69. The molecule has 8 heteroatoms. The molecule has 1 aliphatic carbocycles. The highest BCUT2D eigenvalue weighted by Crippen LogP contribution is 2.36. The highest BCUT2D eigenvalue weighted by molar-refractivity contribution is 14.0. The number of fused-ring (bicyclic) bond motifs is 1. The van der Waals surface area contributed by atoms with E-state index >= 15 is 0 Å². The summed E-state index contributed by atoms with van der Waals surface area (Å²) in [4.78, 5) is 7.42. The summed E-state index contributed by atoms with van der Waals surface area (Å²) in [5, 5.41) is 12.1. The molecule has 0 bridgehead atoms. The zero-order valence-electron chi connectivity index (χ0n) is 18.9. The molecule has 0 radical (unpaired) electrons. The number of aliphatic imine (C=N–C) groups is 1. The number of benzene rings is 1. The van der Waals surface area contributed by atoms with E-state index in [1.165, 1.54) is 31.2 Å². The van der Waals surface area contributed by atoms with Crippen LogP contribution in [-0.4, -0.2) is 52.4 Å². The second-order valence-corrected chi connectivity index (χ2v) is 8.60. The van der Waals surface area contributed by atoms with E-state index in [2.05, 4.69) is 32.5 Å². The SMILES string of the molecule is COc1ccc(CCNC(=NCc2nnc(C)n2C)N2CC3CCCCC3C2)cc1.I. The highest BCUT2D eigenvalue weighted by Gasteiger charge is 2.35. The van der Waals surface area contributed by atoms with Crippen molar-refractivity contribution in [2.45, 2.75) is 45.6 Å². The Hall–Kier alpha value is -1.84. The Kier molecular flexibility index (Phi) is 8.57. The summed E-state index contributed by atoms with van der Waals surface area (Å²) in [7, 11) is 3.70. The fraction of sp³-hybridized carbons (Fsp3) is 0.609. The van der Waals surface area contributed by atoms with Crippen LogP contribution in [0.5, 0.6) is 5.75 Å². The Morgan fingerprint density at radius 1 is 1.13 bits per heavy atom. The normalized spacial score (nSPS) is 20.9.